The fourth-order valence-corrected chi connectivity index (χ4v) is 2.55. The molecule has 21 heavy (non-hydrogen) atoms. The summed E-state index contributed by atoms with van der Waals surface area (Å²) in [6.45, 7) is 7.88. The Kier molecular flexibility index (Phi) is 5.51. The van der Waals surface area contributed by atoms with Crippen molar-refractivity contribution in [2.45, 2.75) is 39.7 Å². The third kappa shape index (κ3) is 5.68. The largest absolute Gasteiger partial charge is 0.310 e. The maximum atomic E-state index is 4.06. The van der Waals surface area contributed by atoms with E-state index < -0.39 is 0 Å². The van der Waals surface area contributed by atoms with Crippen molar-refractivity contribution in [3.8, 4) is 0 Å². The first kappa shape index (κ1) is 15.7. The van der Waals surface area contributed by atoms with Gasteiger partial charge in [0, 0.05) is 18.4 Å². The quantitative estimate of drug-likeness (QED) is 0.850. The molecule has 2 rings (SSSR count). The van der Waals surface area contributed by atoms with Crippen molar-refractivity contribution >= 4 is 0 Å². The minimum atomic E-state index is 0.310. The third-order valence-electron chi connectivity index (χ3n) is 3.57. The van der Waals surface area contributed by atoms with E-state index in [1.165, 1.54) is 11.1 Å². The summed E-state index contributed by atoms with van der Waals surface area (Å²) < 4.78 is 0. The van der Waals surface area contributed by atoms with E-state index >= 15 is 0 Å². The van der Waals surface area contributed by atoms with Gasteiger partial charge in [0.15, 0.2) is 0 Å². The molecule has 1 aromatic heterocycles. The van der Waals surface area contributed by atoms with Gasteiger partial charge in [-0.25, -0.2) is 0 Å². The number of rotatable bonds is 6. The Balaban J connectivity index is 1.96. The zero-order valence-electron chi connectivity index (χ0n) is 13.3. The van der Waals surface area contributed by atoms with Crippen LogP contribution in [0.3, 0.4) is 0 Å². The van der Waals surface area contributed by atoms with E-state index in [1.54, 1.807) is 0 Å². The number of aromatic nitrogens is 1. The topological polar surface area (TPSA) is 24.9 Å². The Hall–Kier alpha value is -1.67. The van der Waals surface area contributed by atoms with Crippen molar-refractivity contribution in [2.24, 2.45) is 5.41 Å². The van der Waals surface area contributed by atoms with Gasteiger partial charge in [-0.15, -0.1) is 0 Å². The summed E-state index contributed by atoms with van der Waals surface area (Å²) in [4.78, 5) is 4.06. The maximum Gasteiger partial charge on any atom is 0.0325 e. The van der Waals surface area contributed by atoms with Crippen molar-refractivity contribution in [1.29, 1.82) is 0 Å². The zero-order chi connectivity index (χ0) is 15.1. The van der Waals surface area contributed by atoms with E-state index in [0.717, 1.165) is 19.4 Å². The second-order valence-electron chi connectivity index (χ2n) is 6.79. The number of pyridine rings is 1. The molecule has 1 aromatic carbocycles. The highest BCUT2D eigenvalue weighted by molar-refractivity contribution is 5.19. The number of nitrogens with zero attached hydrogens (tertiary/aromatic N) is 1. The van der Waals surface area contributed by atoms with Gasteiger partial charge in [0.2, 0.25) is 0 Å². The Morgan fingerprint density at radius 3 is 2.29 bits per heavy atom. The minimum Gasteiger partial charge on any atom is -0.310 e. The summed E-state index contributed by atoms with van der Waals surface area (Å²) in [5, 5.41) is 3.72. The van der Waals surface area contributed by atoms with Crippen LogP contribution in [0.5, 0.6) is 0 Å². The van der Waals surface area contributed by atoms with Crippen molar-refractivity contribution in [1.82, 2.24) is 10.3 Å². The van der Waals surface area contributed by atoms with E-state index in [0.29, 0.717) is 11.5 Å². The van der Waals surface area contributed by atoms with Gasteiger partial charge in [0.1, 0.15) is 0 Å². The Morgan fingerprint density at radius 2 is 1.67 bits per heavy atom. The van der Waals surface area contributed by atoms with Crippen molar-refractivity contribution in [3.05, 3.63) is 66.0 Å². The van der Waals surface area contributed by atoms with Crippen LogP contribution in [0, 0.1) is 5.41 Å². The van der Waals surface area contributed by atoms with Crippen molar-refractivity contribution < 1.29 is 0 Å². The lowest BCUT2D eigenvalue weighted by molar-refractivity contribution is 0.312. The average Bonchev–Trinajstić information content (AvgIpc) is 2.47. The summed E-state index contributed by atoms with van der Waals surface area (Å²) in [6, 6.07) is 15.3. The smallest absolute Gasteiger partial charge is 0.0325 e. The van der Waals surface area contributed by atoms with Gasteiger partial charge in [-0.3, -0.25) is 4.98 Å². The van der Waals surface area contributed by atoms with E-state index in [9.17, 15) is 0 Å². The first-order chi connectivity index (χ1) is 10.0. The van der Waals surface area contributed by atoms with Crippen LogP contribution in [-0.4, -0.2) is 11.5 Å². The van der Waals surface area contributed by atoms with Crippen molar-refractivity contribution in [3.63, 3.8) is 0 Å². The summed E-state index contributed by atoms with van der Waals surface area (Å²) in [6.07, 6.45) is 5.89. The van der Waals surface area contributed by atoms with Crippen molar-refractivity contribution in [2.75, 3.05) is 6.54 Å². The first-order valence-corrected chi connectivity index (χ1v) is 7.72. The fraction of sp³-hybridized carbons (Fsp3) is 0.421. The summed E-state index contributed by atoms with van der Waals surface area (Å²) in [5.41, 5.74) is 3.02. The third-order valence-corrected chi connectivity index (χ3v) is 3.57. The van der Waals surface area contributed by atoms with Gasteiger partial charge in [-0.2, -0.15) is 0 Å². The molecule has 0 aliphatic rings. The minimum absolute atomic E-state index is 0.310. The Morgan fingerprint density at radius 1 is 1.00 bits per heavy atom. The van der Waals surface area contributed by atoms with Gasteiger partial charge >= 0.3 is 0 Å². The number of hydrogen-bond donors (Lipinski definition) is 1. The average molecular weight is 282 g/mol. The van der Waals surface area contributed by atoms with Gasteiger partial charge in [-0.05, 0) is 48.1 Å². The molecule has 0 aliphatic carbocycles. The number of nitrogens with one attached hydrogen (secondary N) is 1. The predicted octanol–water partition coefficient (Wildman–Crippen LogP) is 4.39. The molecule has 0 spiro atoms. The highest BCUT2D eigenvalue weighted by Crippen LogP contribution is 2.29. The van der Waals surface area contributed by atoms with Gasteiger partial charge < -0.3 is 5.32 Å². The fourth-order valence-electron chi connectivity index (χ4n) is 2.55. The molecule has 0 bridgehead atoms. The first-order valence-electron chi connectivity index (χ1n) is 7.72. The van der Waals surface area contributed by atoms with E-state index in [4.69, 9.17) is 0 Å². The van der Waals surface area contributed by atoms with Crippen LogP contribution in [0.2, 0.25) is 0 Å². The number of hydrogen-bond acceptors (Lipinski definition) is 2. The lowest BCUT2D eigenvalue weighted by Crippen LogP contribution is -2.27. The molecule has 0 saturated heterocycles. The number of benzene rings is 1. The molecular weight excluding hydrogens is 256 g/mol. The molecule has 0 aliphatic heterocycles. The second kappa shape index (κ2) is 7.37. The van der Waals surface area contributed by atoms with Gasteiger partial charge in [0.25, 0.3) is 0 Å². The molecular formula is C19H26N2. The van der Waals surface area contributed by atoms with E-state index in [-0.39, 0.29) is 0 Å². The monoisotopic (exact) mass is 282 g/mol. The predicted molar refractivity (Wildman–Crippen MR) is 89.2 cm³/mol. The molecule has 1 heterocycles. The molecule has 1 atom stereocenters. The van der Waals surface area contributed by atoms with E-state index in [1.807, 2.05) is 12.4 Å². The van der Waals surface area contributed by atoms with Gasteiger partial charge in [0.05, 0.1) is 0 Å². The summed E-state index contributed by atoms with van der Waals surface area (Å²) in [5.74, 6) is 0. The Bertz CT molecular complexity index is 514. The normalized spacial score (nSPS) is 13.1. The van der Waals surface area contributed by atoms with Crippen LogP contribution in [-0.2, 0) is 6.42 Å². The SMILES string of the molecule is CC(C)(C)CC(NCCc1ccncc1)c1ccccc1. The second-order valence-corrected chi connectivity index (χ2v) is 6.79. The Labute approximate surface area is 128 Å². The van der Waals surface area contributed by atoms with Crippen LogP contribution >= 0.6 is 0 Å². The molecule has 112 valence electrons. The van der Waals surface area contributed by atoms with Crippen LogP contribution in [0.1, 0.15) is 44.4 Å². The molecule has 1 unspecified atom stereocenters. The van der Waals surface area contributed by atoms with Crippen LogP contribution in [0.4, 0.5) is 0 Å². The molecule has 0 saturated carbocycles. The lowest BCUT2D eigenvalue weighted by atomic mass is 9.85. The molecule has 1 N–H and O–H groups in total. The molecule has 0 amide bonds. The van der Waals surface area contributed by atoms with Crippen LogP contribution in [0.15, 0.2) is 54.9 Å². The van der Waals surface area contributed by atoms with E-state index in [2.05, 4.69) is 73.5 Å². The highest BCUT2D eigenvalue weighted by Gasteiger charge is 2.19. The van der Waals surface area contributed by atoms with Gasteiger partial charge in [-0.1, -0.05) is 51.1 Å². The zero-order valence-corrected chi connectivity index (χ0v) is 13.3. The molecule has 2 nitrogen and oxygen atoms in total. The maximum absolute atomic E-state index is 4.06. The lowest BCUT2D eigenvalue weighted by Gasteiger charge is -2.27. The highest BCUT2D eigenvalue weighted by atomic mass is 14.9. The standard InChI is InChI=1S/C19H26N2/c1-19(2,3)15-18(17-7-5-4-6-8-17)21-14-11-16-9-12-20-13-10-16/h4-10,12-13,18,21H,11,14-15H2,1-3H3. The van der Waals surface area contributed by atoms with Crippen LogP contribution < -0.4 is 5.32 Å². The molecule has 2 heteroatoms. The molecule has 2 aromatic rings. The summed E-state index contributed by atoms with van der Waals surface area (Å²) in [7, 11) is 0. The summed E-state index contributed by atoms with van der Waals surface area (Å²) >= 11 is 0. The van der Waals surface area contributed by atoms with Crippen LogP contribution in [0.25, 0.3) is 0 Å². The molecule has 0 fully saturated rings. The molecule has 0 radical (unpaired) electrons.